The molecule has 0 aliphatic carbocycles. The van der Waals surface area contributed by atoms with E-state index in [1.54, 1.807) is 7.11 Å². The van der Waals surface area contributed by atoms with Gasteiger partial charge in [0.05, 0.1) is 12.9 Å². The molecule has 312 valence electrons. The molecule has 4 atom stereocenters. The summed E-state index contributed by atoms with van der Waals surface area (Å²) in [5, 5.41) is 7.29. The van der Waals surface area contributed by atoms with Gasteiger partial charge in [0, 0.05) is 39.1 Å². The van der Waals surface area contributed by atoms with Gasteiger partial charge in [-0.2, -0.15) is 0 Å². The van der Waals surface area contributed by atoms with E-state index in [-0.39, 0.29) is 28.2 Å². The molecule has 3 heterocycles. The summed E-state index contributed by atoms with van der Waals surface area (Å²) in [5.74, 6) is 1.51. The third-order valence-electron chi connectivity index (χ3n) is 12.4. The number of imidazole rings is 1. The number of aromatic nitrogens is 4. The minimum Gasteiger partial charge on any atom is -0.408 e. The van der Waals surface area contributed by atoms with Gasteiger partial charge < -0.3 is 29.0 Å². The topological polar surface area (TPSA) is 105 Å². The van der Waals surface area contributed by atoms with E-state index in [0.717, 1.165) is 12.4 Å². The van der Waals surface area contributed by atoms with E-state index in [2.05, 4.69) is 168 Å². The maximum absolute atomic E-state index is 7.39. The minimum absolute atomic E-state index is 0.0134. The first kappa shape index (κ1) is 43.8. The van der Waals surface area contributed by atoms with Crippen molar-refractivity contribution in [2.75, 3.05) is 32.1 Å². The van der Waals surface area contributed by atoms with Crippen molar-refractivity contribution in [3.63, 3.8) is 0 Å². The van der Waals surface area contributed by atoms with Gasteiger partial charge in [0.15, 0.2) is 39.8 Å². The van der Waals surface area contributed by atoms with Crippen LogP contribution in [0.4, 0.5) is 5.82 Å². The van der Waals surface area contributed by atoms with Crippen LogP contribution in [0.3, 0.4) is 0 Å². The first-order valence-corrected chi connectivity index (χ1v) is 26.6. The van der Waals surface area contributed by atoms with Gasteiger partial charge in [0.1, 0.15) is 24.1 Å². The quantitative estimate of drug-likeness (QED) is 0.0701. The lowest BCUT2D eigenvalue weighted by Gasteiger charge is -2.44. The van der Waals surface area contributed by atoms with Crippen molar-refractivity contribution in [2.45, 2.75) is 121 Å². The third-order valence-corrected chi connectivity index (χ3v) is 21.4. The van der Waals surface area contributed by atoms with Crippen LogP contribution in [0.2, 0.25) is 36.3 Å². The minimum atomic E-state index is -2.34. The number of anilines is 1. The van der Waals surface area contributed by atoms with Gasteiger partial charge in [-0.1, -0.05) is 133 Å². The number of hydrogen-bond acceptors (Lipinski definition) is 9. The van der Waals surface area contributed by atoms with E-state index in [1.807, 2.05) is 12.4 Å². The molecular weight excluding hydrogens is 757 g/mol. The van der Waals surface area contributed by atoms with Crippen LogP contribution in [0.15, 0.2) is 97.3 Å². The summed E-state index contributed by atoms with van der Waals surface area (Å²) < 4.78 is 29.6. The summed E-state index contributed by atoms with van der Waals surface area (Å²) in [4.78, 5) is 15.4. The Morgan fingerprint density at radius 1 is 0.759 bits per heavy atom. The molecule has 0 spiro atoms. The van der Waals surface area contributed by atoms with Crippen molar-refractivity contribution in [3.8, 4) is 0 Å². The molecule has 2 aromatic heterocycles. The second-order valence-electron chi connectivity index (χ2n) is 18.7. The van der Waals surface area contributed by atoms with Crippen molar-refractivity contribution in [1.82, 2.24) is 24.8 Å². The van der Waals surface area contributed by atoms with Crippen LogP contribution in [0.25, 0.3) is 11.2 Å². The summed E-state index contributed by atoms with van der Waals surface area (Å²) in [6.45, 7) is 25.3. The molecular formula is C46H66N6O4Si2. The van der Waals surface area contributed by atoms with Crippen LogP contribution in [0, 0.1) is 0 Å². The highest BCUT2D eigenvalue weighted by molar-refractivity contribution is 6.74. The molecule has 0 radical (unpaired) electrons. The Labute approximate surface area is 348 Å². The standard InChI is InChI=1S/C46H66N6O4Si2/c1-45(2,3)57(8,9)55-40-37(31-53-7)54-44(41(40)56-58(10,11)46(4,5)6)52-32-49-39-42(48-30-36(34-23-17-13-18-24-34)35-25-19-14-20-26-35)50-38(51-43(39)52)27-28-47-29-33-21-15-12-16-22-33/h12-26,32,36-37,40-41,44,47H,27-31H2,1-11H3,(H,48,50,51). The number of rotatable bonds is 17. The SMILES string of the molecule is COCC1OC(n2cnc3c(NCC(c4ccccc4)c4ccccc4)nc(CCNCc4ccccc4)nc32)C(O[Si](C)(C)C(C)(C)C)C1O[Si](C)(C)C(C)(C)C. The summed E-state index contributed by atoms with van der Waals surface area (Å²) in [6.07, 6.45) is 0.796. The molecule has 6 rings (SSSR count). The van der Waals surface area contributed by atoms with Crippen molar-refractivity contribution in [1.29, 1.82) is 0 Å². The Bertz CT molecular complexity index is 2010. The second kappa shape index (κ2) is 18.2. The molecule has 12 heteroatoms. The Hall–Kier alpha value is -3.76. The summed E-state index contributed by atoms with van der Waals surface area (Å²) in [7, 11) is -2.90. The van der Waals surface area contributed by atoms with Crippen molar-refractivity contribution in [3.05, 3.63) is 120 Å². The first-order chi connectivity index (χ1) is 27.5. The van der Waals surface area contributed by atoms with Gasteiger partial charge in [0.25, 0.3) is 0 Å². The fraction of sp³-hybridized carbons (Fsp3) is 0.500. The van der Waals surface area contributed by atoms with E-state index >= 15 is 0 Å². The summed E-state index contributed by atoms with van der Waals surface area (Å²) in [6, 6.07) is 31.7. The Balaban J connectivity index is 1.41. The van der Waals surface area contributed by atoms with E-state index < -0.39 is 29.0 Å². The molecule has 3 aromatic carbocycles. The molecule has 2 N–H and O–H groups in total. The maximum atomic E-state index is 7.39. The van der Waals surface area contributed by atoms with Crippen LogP contribution in [-0.4, -0.2) is 81.3 Å². The number of benzene rings is 3. The van der Waals surface area contributed by atoms with E-state index in [1.165, 1.54) is 16.7 Å². The lowest BCUT2D eigenvalue weighted by Crippen LogP contribution is -2.54. The lowest BCUT2D eigenvalue weighted by molar-refractivity contribution is -0.0562. The van der Waals surface area contributed by atoms with Crippen molar-refractivity contribution >= 4 is 33.6 Å². The van der Waals surface area contributed by atoms with Crippen LogP contribution in [0.1, 0.15) is 76.2 Å². The number of ether oxygens (including phenoxy) is 2. The molecule has 1 aliphatic rings. The normalized spacial score (nSPS) is 19.3. The van der Waals surface area contributed by atoms with Gasteiger partial charge >= 0.3 is 0 Å². The Kier molecular flexibility index (Phi) is 13.8. The van der Waals surface area contributed by atoms with Gasteiger partial charge in [-0.15, -0.1) is 0 Å². The van der Waals surface area contributed by atoms with E-state index in [4.69, 9.17) is 33.3 Å². The average Bonchev–Trinajstić information content (AvgIpc) is 3.74. The van der Waals surface area contributed by atoms with Crippen molar-refractivity contribution < 1.29 is 18.3 Å². The molecule has 58 heavy (non-hydrogen) atoms. The van der Waals surface area contributed by atoms with E-state index in [0.29, 0.717) is 43.1 Å². The Morgan fingerprint density at radius 3 is 1.86 bits per heavy atom. The molecule has 0 amide bonds. The number of hydrogen-bond donors (Lipinski definition) is 2. The summed E-state index contributed by atoms with van der Waals surface area (Å²) >= 11 is 0. The van der Waals surface area contributed by atoms with Gasteiger partial charge in [-0.25, -0.2) is 15.0 Å². The zero-order chi connectivity index (χ0) is 41.7. The number of fused-ring (bicyclic) bond motifs is 1. The zero-order valence-corrected chi connectivity index (χ0v) is 38.6. The van der Waals surface area contributed by atoms with Crippen LogP contribution in [0.5, 0.6) is 0 Å². The molecule has 1 fully saturated rings. The van der Waals surface area contributed by atoms with Crippen LogP contribution in [-0.2, 0) is 31.3 Å². The smallest absolute Gasteiger partial charge is 0.192 e. The highest BCUT2D eigenvalue weighted by Crippen LogP contribution is 2.46. The second-order valence-corrected chi connectivity index (χ2v) is 28.2. The number of nitrogens with zero attached hydrogens (tertiary/aromatic N) is 4. The molecule has 5 aromatic rings. The van der Waals surface area contributed by atoms with E-state index in [9.17, 15) is 0 Å². The monoisotopic (exact) mass is 822 g/mol. The maximum Gasteiger partial charge on any atom is 0.192 e. The fourth-order valence-corrected chi connectivity index (χ4v) is 9.55. The number of nitrogens with one attached hydrogen (secondary N) is 2. The van der Waals surface area contributed by atoms with Gasteiger partial charge in [-0.05, 0) is 53.0 Å². The van der Waals surface area contributed by atoms with Gasteiger partial charge in [-0.3, -0.25) is 4.57 Å². The predicted octanol–water partition coefficient (Wildman–Crippen LogP) is 9.73. The highest BCUT2D eigenvalue weighted by atomic mass is 28.4. The largest absolute Gasteiger partial charge is 0.408 e. The molecule has 0 saturated carbocycles. The molecule has 0 bridgehead atoms. The van der Waals surface area contributed by atoms with Gasteiger partial charge in [0.2, 0.25) is 0 Å². The highest BCUT2D eigenvalue weighted by Gasteiger charge is 2.54. The lowest BCUT2D eigenvalue weighted by atomic mass is 9.91. The molecule has 4 unspecified atom stereocenters. The Morgan fingerprint density at radius 2 is 1.31 bits per heavy atom. The molecule has 1 saturated heterocycles. The first-order valence-electron chi connectivity index (χ1n) is 20.8. The van der Waals surface area contributed by atoms with Crippen LogP contribution >= 0.6 is 0 Å². The van der Waals surface area contributed by atoms with Crippen molar-refractivity contribution in [2.24, 2.45) is 0 Å². The fourth-order valence-electron chi connectivity index (χ4n) is 6.94. The third kappa shape index (κ3) is 10.2. The molecule has 1 aliphatic heterocycles. The average molecular weight is 823 g/mol. The summed E-state index contributed by atoms with van der Waals surface area (Å²) in [5.41, 5.74) is 5.07. The zero-order valence-electron chi connectivity index (χ0n) is 36.6. The van der Waals surface area contributed by atoms with Crippen LogP contribution < -0.4 is 10.6 Å². The molecule has 10 nitrogen and oxygen atoms in total. The number of methoxy groups -OCH3 is 1. The predicted molar refractivity (Wildman–Crippen MR) is 240 cm³/mol.